The van der Waals surface area contributed by atoms with Crippen LogP contribution in [0.25, 0.3) is 0 Å². The third-order valence-electron chi connectivity index (χ3n) is 3.55. The highest BCUT2D eigenvalue weighted by Crippen LogP contribution is 2.13. The van der Waals surface area contributed by atoms with E-state index in [4.69, 9.17) is 9.84 Å². The van der Waals surface area contributed by atoms with Crippen LogP contribution < -0.4 is 5.32 Å². The first-order valence-corrected chi connectivity index (χ1v) is 7.42. The van der Waals surface area contributed by atoms with Gasteiger partial charge < -0.3 is 20.1 Å². The van der Waals surface area contributed by atoms with Gasteiger partial charge in [0, 0.05) is 38.6 Å². The van der Waals surface area contributed by atoms with Gasteiger partial charge in [-0.2, -0.15) is 0 Å². The van der Waals surface area contributed by atoms with Crippen LogP contribution in [0.3, 0.4) is 0 Å². The average Bonchev–Trinajstić information content (AvgIpc) is 2.68. The fraction of sp³-hybridized carbons (Fsp3) is 0.600. The van der Waals surface area contributed by atoms with Crippen molar-refractivity contribution in [1.82, 2.24) is 9.88 Å². The van der Waals surface area contributed by atoms with Crippen molar-refractivity contribution in [1.29, 1.82) is 0 Å². The Morgan fingerprint density at radius 3 is 3.29 bits per heavy atom. The van der Waals surface area contributed by atoms with Crippen LogP contribution in [0, 0.1) is 0 Å². The van der Waals surface area contributed by atoms with Crippen molar-refractivity contribution in [2.45, 2.75) is 25.9 Å². The molecule has 0 aliphatic carbocycles. The minimum atomic E-state index is -0.955. The van der Waals surface area contributed by atoms with Crippen molar-refractivity contribution in [3.63, 3.8) is 0 Å². The van der Waals surface area contributed by atoms with Gasteiger partial charge >= 0.3 is 5.97 Å². The van der Waals surface area contributed by atoms with E-state index in [1.807, 2.05) is 0 Å². The number of pyridine rings is 1. The summed E-state index contributed by atoms with van der Waals surface area (Å²) >= 11 is 0. The molecule has 2 rings (SSSR count). The third kappa shape index (κ3) is 4.99. The van der Waals surface area contributed by atoms with Gasteiger partial charge in [-0.3, -0.25) is 4.98 Å². The van der Waals surface area contributed by atoms with E-state index in [0.717, 1.165) is 45.6 Å². The van der Waals surface area contributed by atoms with E-state index in [0.29, 0.717) is 11.8 Å². The van der Waals surface area contributed by atoms with E-state index in [-0.39, 0.29) is 5.56 Å². The highest BCUT2D eigenvalue weighted by molar-refractivity contribution is 5.93. The zero-order chi connectivity index (χ0) is 15.1. The molecule has 1 aromatic rings. The predicted molar refractivity (Wildman–Crippen MR) is 80.8 cm³/mol. The molecule has 6 heteroatoms. The van der Waals surface area contributed by atoms with Gasteiger partial charge in [-0.1, -0.05) is 0 Å². The number of carbonyl (C=O) groups is 1. The molecular formula is C15H23N3O3. The van der Waals surface area contributed by atoms with Crippen molar-refractivity contribution >= 4 is 11.7 Å². The molecule has 1 saturated heterocycles. The van der Waals surface area contributed by atoms with Gasteiger partial charge in [0.25, 0.3) is 0 Å². The monoisotopic (exact) mass is 293 g/mol. The molecule has 116 valence electrons. The summed E-state index contributed by atoms with van der Waals surface area (Å²) in [7, 11) is 0. The molecular weight excluding hydrogens is 270 g/mol. The van der Waals surface area contributed by atoms with E-state index in [1.165, 1.54) is 6.20 Å². The molecule has 0 aromatic carbocycles. The number of carboxylic acids is 1. The van der Waals surface area contributed by atoms with E-state index in [1.54, 1.807) is 12.3 Å². The Hall–Kier alpha value is -1.66. The fourth-order valence-electron chi connectivity index (χ4n) is 2.53. The lowest BCUT2D eigenvalue weighted by atomic mass is 10.2. The smallest absolute Gasteiger partial charge is 0.339 e. The normalized spacial score (nSPS) is 20.0. The number of anilines is 1. The lowest BCUT2D eigenvalue weighted by Gasteiger charge is -2.21. The number of carboxylic acid groups (broad SMARTS) is 1. The summed E-state index contributed by atoms with van der Waals surface area (Å²) < 4.78 is 5.62. The van der Waals surface area contributed by atoms with Crippen LogP contribution >= 0.6 is 0 Å². The molecule has 1 aromatic heterocycles. The van der Waals surface area contributed by atoms with Crippen molar-refractivity contribution < 1.29 is 14.6 Å². The highest BCUT2D eigenvalue weighted by atomic mass is 16.5. The number of rotatable bonds is 6. The molecule has 1 atom stereocenters. The molecule has 1 aliphatic heterocycles. The Morgan fingerprint density at radius 2 is 2.48 bits per heavy atom. The SMILES string of the molecule is CC1CN(CCCNc2ccncc2C(=O)O)CCCO1. The van der Waals surface area contributed by atoms with Crippen molar-refractivity contribution in [3.8, 4) is 0 Å². The van der Waals surface area contributed by atoms with Gasteiger partial charge in [0.05, 0.1) is 11.8 Å². The summed E-state index contributed by atoms with van der Waals surface area (Å²) in [5.74, 6) is -0.955. The van der Waals surface area contributed by atoms with Crippen molar-refractivity contribution in [3.05, 3.63) is 24.0 Å². The number of hydrogen-bond donors (Lipinski definition) is 2. The maximum atomic E-state index is 11.1. The largest absolute Gasteiger partial charge is 0.478 e. The number of hydrogen-bond acceptors (Lipinski definition) is 5. The summed E-state index contributed by atoms with van der Waals surface area (Å²) in [6, 6.07) is 1.70. The maximum absolute atomic E-state index is 11.1. The molecule has 0 spiro atoms. The van der Waals surface area contributed by atoms with Crippen LogP contribution in [-0.2, 0) is 4.74 Å². The molecule has 0 bridgehead atoms. The summed E-state index contributed by atoms with van der Waals surface area (Å²) in [4.78, 5) is 17.3. The Kier molecular flexibility index (Phi) is 5.95. The molecule has 1 fully saturated rings. The minimum absolute atomic E-state index is 0.217. The fourth-order valence-corrected chi connectivity index (χ4v) is 2.53. The van der Waals surface area contributed by atoms with Crippen LogP contribution in [0.15, 0.2) is 18.5 Å². The number of aromatic nitrogens is 1. The summed E-state index contributed by atoms with van der Waals surface area (Å²) in [5.41, 5.74) is 0.847. The van der Waals surface area contributed by atoms with Gasteiger partial charge in [-0.05, 0) is 32.4 Å². The van der Waals surface area contributed by atoms with Crippen LogP contribution in [0.1, 0.15) is 30.1 Å². The summed E-state index contributed by atoms with van der Waals surface area (Å²) in [6.45, 7) is 6.72. The topological polar surface area (TPSA) is 74.7 Å². The van der Waals surface area contributed by atoms with Gasteiger partial charge in [0.2, 0.25) is 0 Å². The van der Waals surface area contributed by atoms with Crippen LogP contribution in [-0.4, -0.2) is 59.8 Å². The molecule has 2 heterocycles. The van der Waals surface area contributed by atoms with Crippen LogP contribution in [0.2, 0.25) is 0 Å². The molecule has 0 radical (unpaired) electrons. The molecule has 0 saturated carbocycles. The Bertz CT molecular complexity index is 467. The van der Waals surface area contributed by atoms with Crippen molar-refractivity contribution in [2.75, 3.05) is 38.1 Å². The van der Waals surface area contributed by atoms with E-state index in [2.05, 4.69) is 22.1 Å². The van der Waals surface area contributed by atoms with Gasteiger partial charge in [-0.15, -0.1) is 0 Å². The lowest BCUT2D eigenvalue weighted by Crippen LogP contribution is -2.32. The van der Waals surface area contributed by atoms with Gasteiger partial charge in [-0.25, -0.2) is 4.79 Å². The number of nitrogens with one attached hydrogen (secondary N) is 1. The summed E-state index contributed by atoms with van der Waals surface area (Å²) in [5, 5.41) is 12.3. The molecule has 2 N–H and O–H groups in total. The second kappa shape index (κ2) is 7.95. The Morgan fingerprint density at radius 1 is 1.62 bits per heavy atom. The van der Waals surface area contributed by atoms with Gasteiger partial charge in [0.15, 0.2) is 0 Å². The third-order valence-corrected chi connectivity index (χ3v) is 3.55. The van der Waals surface area contributed by atoms with E-state index in [9.17, 15) is 4.79 Å². The second-order valence-corrected chi connectivity index (χ2v) is 5.34. The molecule has 6 nitrogen and oxygen atoms in total. The van der Waals surface area contributed by atoms with Gasteiger partial charge in [0.1, 0.15) is 5.56 Å². The molecule has 1 unspecified atom stereocenters. The molecule has 21 heavy (non-hydrogen) atoms. The molecule has 0 amide bonds. The van der Waals surface area contributed by atoms with E-state index >= 15 is 0 Å². The quantitative estimate of drug-likeness (QED) is 0.778. The average molecular weight is 293 g/mol. The zero-order valence-corrected chi connectivity index (χ0v) is 12.4. The number of ether oxygens (including phenoxy) is 1. The molecule has 1 aliphatic rings. The minimum Gasteiger partial charge on any atom is -0.478 e. The second-order valence-electron chi connectivity index (χ2n) is 5.34. The first kappa shape index (κ1) is 15.7. The first-order chi connectivity index (χ1) is 10.2. The first-order valence-electron chi connectivity index (χ1n) is 7.42. The number of nitrogens with zero attached hydrogens (tertiary/aromatic N) is 2. The van der Waals surface area contributed by atoms with Crippen LogP contribution in [0.5, 0.6) is 0 Å². The van der Waals surface area contributed by atoms with E-state index < -0.39 is 5.97 Å². The maximum Gasteiger partial charge on any atom is 0.339 e. The zero-order valence-electron chi connectivity index (χ0n) is 12.4. The lowest BCUT2D eigenvalue weighted by molar-refractivity contribution is 0.0676. The predicted octanol–water partition coefficient (Wildman–Crippen LogP) is 1.69. The summed E-state index contributed by atoms with van der Waals surface area (Å²) in [6.07, 6.45) is 5.31. The highest BCUT2D eigenvalue weighted by Gasteiger charge is 2.14. The number of aromatic carboxylic acids is 1. The Balaban J connectivity index is 1.76. The standard InChI is InChI=1S/C15H23N3O3/c1-12-11-18(8-3-9-21-12)7-2-5-17-14-4-6-16-10-13(14)15(19)20/h4,6,10,12H,2-3,5,7-9,11H2,1H3,(H,16,17)(H,19,20). The Labute approximate surface area is 125 Å². The van der Waals surface area contributed by atoms with Crippen molar-refractivity contribution in [2.24, 2.45) is 0 Å². The van der Waals surface area contributed by atoms with Crippen LogP contribution in [0.4, 0.5) is 5.69 Å².